The summed E-state index contributed by atoms with van der Waals surface area (Å²) < 4.78 is 5.31. The SMILES string of the molecule is O=C(CC12CC3CC(CC(C3)C1)C2)OCC(=O)c1cccc(Cl)c1. The molecule has 0 spiro atoms. The van der Waals surface area contributed by atoms with Gasteiger partial charge in [0.1, 0.15) is 0 Å². The number of benzene rings is 1. The summed E-state index contributed by atoms with van der Waals surface area (Å²) in [5, 5.41) is 0.515. The second-order valence-corrected chi connectivity index (χ2v) is 8.62. The van der Waals surface area contributed by atoms with Gasteiger partial charge in [0.05, 0.1) is 6.42 Å². The van der Waals surface area contributed by atoms with Crippen molar-refractivity contribution in [1.82, 2.24) is 0 Å². The summed E-state index contributed by atoms with van der Waals surface area (Å²) in [6.07, 6.45) is 8.10. The standard InChI is InChI=1S/C20H23ClO3/c21-17-3-1-2-16(7-17)18(22)12-24-19(23)11-20-8-13-4-14(9-20)6-15(5-13)10-20/h1-3,7,13-15H,4-6,8-12H2. The Balaban J connectivity index is 1.33. The summed E-state index contributed by atoms with van der Waals surface area (Å²) in [4.78, 5) is 24.5. The Hall–Kier alpha value is -1.35. The van der Waals surface area contributed by atoms with Crippen LogP contribution in [0.4, 0.5) is 0 Å². The van der Waals surface area contributed by atoms with Gasteiger partial charge < -0.3 is 4.74 Å². The minimum Gasteiger partial charge on any atom is -0.457 e. The fraction of sp³-hybridized carbons (Fsp3) is 0.600. The first-order valence-electron chi connectivity index (χ1n) is 8.96. The van der Waals surface area contributed by atoms with Gasteiger partial charge in [-0.15, -0.1) is 0 Å². The van der Waals surface area contributed by atoms with E-state index in [0.717, 1.165) is 17.8 Å². The maximum absolute atomic E-state index is 12.3. The lowest BCUT2D eigenvalue weighted by atomic mass is 9.49. The van der Waals surface area contributed by atoms with Crippen molar-refractivity contribution in [2.24, 2.45) is 23.2 Å². The zero-order valence-corrected chi connectivity index (χ0v) is 14.6. The monoisotopic (exact) mass is 346 g/mol. The zero-order valence-electron chi connectivity index (χ0n) is 13.8. The second kappa shape index (κ2) is 6.18. The maximum Gasteiger partial charge on any atom is 0.306 e. The van der Waals surface area contributed by atoms with Crippen LogP contribution in [0.1, 0.15) is 55.3 Å². The molecule has 3 nitrogen and oxygen atoms in total. The van der Waals surface area contributed by atoms with Crippen molar-refractivity contribution < 1.29 is 14.3 Å². The normalized spacial score (nSPS) is 33.5. The third-order valence-corrected chi connectivity index (χ3v) is 6.43. The van der Waals surface area contributed by atoms with E-state index in [-0.39, 0.29) is 23.8 Å². The molecule has 5 rings (SSSR count). The molecule has 0 saturated heterocycles. The van der Waals surface area contributed by atoms with Gasteiger partial charge in [-0.05, 0) is 73.8 Å². The zero-order chi connectivity index (χ0) is 16.7. The average molecular weight is 347 g/mol. The Morgan fingerprint density at radius 1 is 1.08 bits per heavy atom. The minimum absolute atomic E-state index is 0.158. The first-order valence-corrected chi connectivity index (χ1v) is 9.33. The van der Waals surface area contributed by atoms with Crippen molar-refractivity contribution in [3.8, 4) is 0 Å². The molecule has 0 heterocycles. The van der Waals surface area contributed by atoms with Crippen LogP contribution in [0, 0.1) is 23.2 Å². The van der Waals surface area contributed by atoms with E-state index >= 15 is 0 Å². The molecule has 0 amide bonds. The molecule has 1 aromatic rings. The molecule has 0 N–H and O–H groups in total. The lowest BCUT2D eigenvalue weighted by Crippen LogP contribution is -2.47. The van der Waals surface area contributed by atoms with Crippen LogP contribution in [-0.2, 0) is 9.53 Å². The Morgan fingerprint density at radius 2 is 1.71 bits per heavy atom. The number of ether oxygens (including phenoxy) is 1. The van der Waals surface area contributed by atoms with Gasteiger partial charge in [0.25, 0.3) is 0 Å². The van der Waals surface area contributed by atoms with Gasteiger partial charge in [-0.25, -0.2) is 0 Å². The lowest BCUT2D eigenvalue weighted by Gasteiger charge is -2.56. The fourth-order valence-corrected chi connectivity index (χ4v) is 5.95. The van der Waals surface area contributed by atoms with E-state index < -0.39 is 0 Å². The van der Waals surface area contributed by atoms with Crippen LogP contribution in [-0.4, -0.2) is 18.4 Å². The van der Waals surface area contributed by atoms with E-state index in [4.69, 9.17) is 16.3 Å². The van der Waals surface area contributed by atoms with E-state index in [1.54, 1.807) is 24.3 Å². The van der Waals surface area contributed by atoms with Crippen molar-refractivity contribution >= 4 is 23.4 Å². The summed E-state index contributed by atoms with van der Waals surface area (Å²) in [5.41, 5.74) is 0.649. The highest BCUT2D eigenvalue weighted by Gasteiger charge is 2.51. The number of carbonyl (C=O) groups excluding carboxylic acids is 2. The Labute approximate surface area is 147 Å². The first kappa shape index (κ1) is 16.1. The van der Waals surface area contributed by atoms with Crippen LogP contribution >= 0.6 is 11.6 Å². The molecule has 24 heavy (non-hydrogen) atoms. The van der Waals surface area contributed by atoms with E-state index in [1.165, 1.54) is 38.5 Å². The van der Waals surface area contributed by atoms with E-state index in [2.05, 4.69) is 0 Å². The number of Topliss-reactive ketones (excluding diaryl/α,β-unsaturated/α-hetero) is 1. The topological polar surface area (TPSA) is 43.4 Å². The largest absolute Gasteiger partial charge is 0.457 e. The molecule has 0 unspecified atom stereocenters. The highest BCUT2D eigenvalue weighted by atomic mass is 35.5. The predicted molar refractivity (Wildman–Crippen MR) is 92.0 cm³/mol. The number of hydrogen-bond acceptors (Lipinski definition) is 3. The van der Waals surface area contributed by atoms with E-state index in [9.17, 15) is 9.59 Å². The van der Waals surface area contributed by atoms with Crippen LogP contribution < -0.4 is 0 Å². The van der Waals surface area contributed by atoms with Crippen LogP contribution in [0.5, 0.6) is 0 Å². The molecule has 4 heteroatoms. The molecular formula is C20H23ClO3. The molecule has 4 saturated carbocycles. The summed E-state index contributed by atoms with van der Waals surface area (Å²) >= 11 is 5.90. The predicted octanol–water partition coefficient (Wildman–Crippen LogP) is 4.67. The summed E-state index contributed by atoms with van der Waals surface area (Å²) in [7, 11) is 0. The Bertz CT molecular complexity index is 631. The number of esters is 1. The Morgan fingerprint density at radius 3 is 2.29 bits per heavy atom. The van der Waals surface area contributed by atoms with Crippen molar-refractivity contribution in [3.05, 3.63) is 34.9 Å². The number of carbonyl (C=O) groups is 2. The van der Waals surface area contributed by atoms with Gasteiger partial charge in [-0.1, -0.05) is 23.7 Å². The van der Waals surface area contributed by atoms with Gasteiger partial charge in [-0.3, -0.25) is 9.59 Å². The first-order chi connectivity index (χ1) is 11.5. The van der Waals surface area contributed by atoms with Gasteiger partial charge in [0, 0.05) is 10.6 Å². The van der Waals surface area contributed by atoms with Crippen LogP contribution in [0.15, 0.2) is 24.3 Å². The number of hydrogen-bond donors (Lipinski definition) is 0. The summed E-state index contributed by atoms with van der Waals surface area (Å²) in [6.45, 7) is -0.189. The van der Waals surface area contributed by atoms with Gasteiger partial charge in [0.2, 0.25) is 0 Å². The number of halogens is 1. The molecule has 0 atom stereocenters. The van der Waals surface area contributed by atoms with Crippen LogP contribution in [0.2, 0.25) is 5.02 Å². The quantitative estimate of drug-likeness (QED) is 0.574. The van der Waals surface area contributed by atoms with Crippen molar-refractivity contribution in [2.75, 3.05) is 6.61 Å². The van der Waals surface area contributed by atoms with E-state index in [0.29, 0.717) is 17.0 Å². The molecule has 4 aliphatic rings. The molecule has 0 radical (unpaired) electrons. The lowest BCUT2D eigenvalue weighted by molar-refractivity contribution is -0.150. The fourth-order valence-electron chi connectivity index (χ4n) is 5.76. The average Bonchev–Trinajstić information content (AvgIpc) is 2.50. The third-order valence-electron chi connectivity index (χ3n) is 6.20. The molecule has 4 bridgehead atoms. The Kier molecular flexibility index (Phi) is 4.16. The maximum atomic E-state index is 12.3. The van der Waals surface area contributed by atoms with Gasteiger partial charge in [0.15, 0.2) is 12.4 Å². The molecule has 1 aromatic carbocycles. The van der Waals surface area contributed by atoms with Crippen LogP contribution in [0.25, 0.3) is 0 Å². The number of rotatable bonds is 5. The molecule has 128 valence electrons. The molecule has 0 aromatic heterocycles. The summed E-state index contributed by atoms with van der Waals surface area (Å²) in [5.74, 6) is 2.04. The van der Waals surface area contributed by atoms with Crippen molar-refractivity contribution in [3.63, 3.8) is 0 Å². The van der Waals surface area contributed by atoms with E-state index in [1.807, 2.05) is 0 Å². The van der Waals surface area contributed by atoms with Gasteiger partial charge >= 0.3 is 5.97 Å². The van der Waals surface area contributed by atoms with Crippen molar-refractivity contribution in [2.45, 2.75) is 44.9 Å². The minimum atomic E-state index is -0.215. The van der Waals surface area contributed by atoms with Gasteiger partial charge in [-0.2, -0.15) is 0 Å². The summed E-state index contributed by atoms with van der Waals surface area (Å²) in [6, 6.07) is 6.75. The third kappa shape index (κ3) is 3.23. The molecular weight excluding hydrogens is 324 g/mol. The molecule has 0 aliphatic heterocycles. The molecule has 4 aliphatic carbocycles. The second-order valence-electron chi connectivity index (χ2n) is 8.19. The highest BCUT2D eigenvalue weighted by molar-refractivity contribution is 6.31. The van der Waals surface area contributed by atoms with Crippen molar-refractivity contribution in [1.29, 1.82) is 0 Å². The molecule has 4 fully saturated rings. The highest BCUT2D eigenvalue weighted by Crippen LogP contribution is 2.61. The number of ketones is 1. The smallest absolute Gasteiger partial charge is 0.306 e. The van der Waals surface area contributed by atoms with Crippen LogP contribution in [0.3, 0.4) is 0 Å².